The third kappa shape index (κ3) is 2.51. The van der Waals surface area contributed by atoms with Crippen molar-refractivity contribution >= 4 is 16.8 Å². The van der Waals surface area contributed by atoms with Crippen LogP contribution in [0.4, 0.5) is 0 Å². The number of hydrogen-bond acceptors (Lipinski definition) is 3. The van der Waals surface area contributed by atoms with Gasteiger partial charge in [0.15, 0.2) is 5.69 Å². The number of carbonyl (C=O) groups is 1. The first-order valence-electron chi connectivity index (χ1n) is 5.80. The molecule has 2 N–H and O–H groups in total. The van der Waals surface area contributed by atoms with E-state index < -0.39 is 0 Å². The molecule has 96 valence electrons. The van der Waals surface area contributed by atoms with E-state index in [1.807, 2.05) is 38.1 Å². The van der Waals surface area contributed by atoms with Gasteiger partial charge in [0.25, 0.3) is 5.91 Å². The lowest BCUT2D eigenvalue weighted by Crippen LogP contribution is -2.39. The van der Waals surface area contributed by atoms with Crippen molar-refractivity contribution in [1.82, 2.24) is 15.5 Å². The fourth-order valence-electron chi connectivity index (χ4n) is 1.59. The van der Waals surface area contributed by atoms with Crippen molar-refractivity contribution in [2.45, 2.75) is 19.4 Å². The molecule has 0 bridgehead atoms. The van der Waals surface area contributed by atoms with Gasteiger partial charge in [0.1, 0.15) is 0 Å². The molecular weight excluding hydrogens is 230 g/mol. The van der Waals surface area contributed by atoms with Crippen LogP contribution in [0.1, 0.15) is 24.3 Å². The van der Waals surface area contributed by atoms with Crippen LogP contribution in [0.2, 0.25) is 0 Å². The van der Waals surface area contributed by atoms with Gasteiger partial charge < -0.3 is 10.1 Å². The third-order valence-electron chi connectivity index (χ3n) is 2.91. The van der Waals surface area contributed by atoms with Gasteiger partial charge in [-0.3, -0.25) is 9.89 Å². The first kappa shape index (κ1) is 12.6. The van der Waals surface area contributed by atoms with Gasteiger partial charge >= 0.3 is 0 Å². The number of H-pyrrole nitrogens is 1. The summed E-state index contributed by atoms with van der Waals surface area (Å²) >= 11 is 0. The Morgan fingerprint density at radius 1 is 1.44 bits per heavy atom. The minimum Gasteiger partial charge on any atom is -0.377 e. The molecule has 0 unspecified atom stereocenters. The van der Waals surface area contributed by atoms with E-state index in [4.69, 9.17) is 4.74 Å². The van der Waals surface area contributed by atoms with Crippen LogP contribution in [0.15, 0.2) is 24.3 Å². The van der Waals surface area contributed by atoms with Gasteiger partial charge in [-0.25, -0.2) is 0 Å². The Morgan fingerprint density at radius 2 is 2.17 bits per heavy atom. The van der Waals surface area contributed by atoms with Gasteiger partial charge in [0.2, 0.25) is 0 Å². The molecule has 1 amide bonds. The average molecular weight is 247 g/mol. The monoisotopic (exact) mass is 247 g/mol. The lowest BCUT2D eigenvalue weighted by Gasteiger charge is -2.22. The Labute approximate surface area is 106 Å². The van der Waals surface area contributed by atoms with E-state index in [1.165, 1.54) is 0 Å². The Kier molecular flexibility index (Phi) is 3.34. The molecule has 0 radical (unpaired) electrons. The topological polar surface area (TPSA) is 67.0 Å². The number of nitrogens with one attached hydrogen (secondary N) is 2. The second-order valence-electron chi connectivity index (χ2n) is 4.76. The van der Waals surface area contributed by atoms with Crippen molar-refractivity contribution in [3.05, 3.63) is 30.0 Å². The number of hydrogen-bond donors (Lipinski definition) is 2. The van der Waals surface area contributed by atoms with Crippen LogP contribution in [-0.2, 0) is 4.74 Å². The van der Waals surface area contributed by atoms with E-state index in [0.29, 0.717) is 12.2 Å². The van der Waals surface area contributed by atoms with Crippen LogP contribution in [0.5, 0.6) is 0 Å². The van der Waals surface area contributed by atoms with Crippen molar-refractivity contribution in [3.8, 4) is 0 Å². The molecule has 2 aromatic rings. The quantitative estimate of drug-likeness (QED) is 0.864. The van der Waals surface area contributed by atoms with Crippen LogP contribution in [-0.4, -0.2) is 35.4 Å². The number of ether oxygens (including phenoxy) is 1. The number of aromatic amines is 1. The van der Waals surface area contributed by atoms with Crippen molar-refractivity contribution in [1.29, 1.82) is 0 Å². The molecule has 0 saturated heterocycles. The Bertz CT molecular complexity index is 560. The highest BCUT2D eigenvalue weighted by molar-refractivity contribution is 6.04. The molecule has 1 heterocycles. The summed E-state index contributed by atoms with van der Waals surface area (Å²) in [4.78, 5) is 12.0. The van der Waals surface area contributed by atoms with E-state index in [0.717, 1.165) is 10.9 Å². The number of rotatable bonds is 4. The molecule has 1 aromatic carbocycles. The van der Waals surface area contributed by atoms with Crippen molar-refractivity contribution in [2.75, 3.05) is 13.7 Å². The zero-order chi connectivity index (χ0) is 13.2. The minimum absolute atomic E-state index is 0.197. The van der Waals surface area contributed by atoms with Crippen LogP contribution in [0.25, 0.3) is 10.9 Å². The molecule has 1 aromatic heterocycles. The molecule has 0 aliphatic carbocycles. The zero-order valence-corrected chi connectivity index (χ0v) is 10.8. The number of para-hydroxylation sites is 1. The maximum Gasteiger partial charge on any atom is 0.272 e. The first-order valence-corrected chi connectivity index (χ1v) is 5.80. The molecule has 18 heavy (non-hydrogen) atoms. The summed E-state index contributed by atoms with van der Waals surface area (Å²) in [6.45, 7) is 4.26. The minimum atomic E-state index is -0.387. The molecule has 0 aliphatic rings. The van der Waals surface area contributed by atoms with E-state index in [1.54, 1.807) is 7.11 Å². The number of nitrogens with zero attached hydrogens (tertiary/aromatic N) is 1. The molecule has 2 rings (SSSR count). The summed E-state index contributed by atoms with van der Waals surface area (Å²) in [5.41, 5.74) is 0.882. The number of benzene rings is 1. The molecule has 0 fully saturated rings. The van der Waals surface area contributed by atoms with E-state index >= 15 is 0 Å². The maximum atomic E-state index is 12.0. The lowest BCUT2D eigenvalue weighted by molar-refractivity contribution is 0.0228. The molecule has 5 nitrogen and oxygen atoms in total. The number of methoxy groups -OCH3 is 1. The summed E-state index contributed by atoms with van der Waals surface area (Å²) in [5.74, 6) is -0.197. The fraction of sp³-hybridized carbons (Fsp3) is 0.385. The maximum absolute atomic E-state index is 12.0. The second kappa shape index (κ2) is 4.78. The number of carbonyl (C=O) groups excluding carboxylic acids is 1. The molecule has 5 heteroatoms. The Balaban J connectivity index is 2.14. The molecule has 0 saturated carbocycles. The van der Waals surface area contributed by atoms with Gasteiger partial charge in [0, 0.05) is 19.0 Å². The summed E-state index contributed by atoms with van der Waals surface area (Å²) in [6, 6.07) is 7.54. The van der Waals surface area contributed by atoms with Crippen LogP contribution < -0.4 is 5.32 Å². The summed E-state index contributed by atoms with van der Waals surface area (Å²) in [7, 11) is 1.62. The van der Waals surface area contributed by atoms with Gasteiger partial charge in [-0.15, -0.1) is 0 Å². The van der Waals surface area contributed by atoms with Crippen LogP contribution >= 0.6 is 0 Å². The van der Waals surface area contributed by atoms with Crippen LogP contribution in [0, 0.1) is 0 Å². The van der Waals surface area contributed by atoms with E-state index in [9.17, 15) is 4.79 Å². The first-order chi connectivity index (χ1) is 8.53. The highest BCUT2D eigenvalue weighted by atomic mass is 16.5. The van der Waals surface area contributed by atoms with Gasteiger partial charge in [-0.05, 0) is 19.9 Å². The molecular formula is C13H17N3O2. The van der Waals surface area contributed by atoms with Gasteiger partial charge in [0.05, 0.1) is 11.1 Å². The molecule has 0 aliphatic heterocycles. The summed E-state index contributed by atoms with van der Waals surface area (Å²) in [6.07, 6.45) is 0. The third-order valence-corrected chi connectivity index (χ3v) is 2.91. The highest BCUT2D eigenvalue weighted by Gasteiger charge is 2.20. The number of aromatic nitrogens is 2. The standard InChI is InChI=1S/C13H17N3O2/c1-13(2,18-3)8-14-12(17)11-9-6-4-5-7-10(9)15-16-11/h4-7H,8H2,1-3H3,(H,14,17)(H,15,16). The van der Waals surface area contributed by atoms with Crippen LogP contribution in [0.3, 0.4) is 0 Å². The fourth-order valence-corrected chi connectivity index (χ4v) is 1.59. The normalized spacial score (nSPS) is 11.7. The van der Waals surface area contributed by atoms with E-state index in [2.05, 4.69) is 15.5 Å². The number of fused-ring (bicyclic) bond motifs is 1. The lowest BCUT2D eigenvalue weighted by atomic mass is 10.1. The Morgan fingerprint density at radius 3 is 2.89 bits per heavy atom. The van der Waals surface area contributed by atoms with E-state index in [-0.39, 0.29) is 11.5 Å². The van der Waals surface area contributed by atoms with Gasteiger partial charge in [-0.1, -0.05) is 18.2 Å². The Hall–Kier alpha value is -1.88. The second-order valence-corrected chi connectivity index (χ2v) is 4.76. The highest BCUT2D eigenvalue weighted by Crippen LogP contribution is 2.15. The SMILES string of the molecule is COC(C)(C)CNC(=O)c1n[nH]c2ccccc12. The smallest absolute Gasteiger partial charge is 0.272 e. The number of amides is 1. The predicted molar refractivity (Wildman–Crippen MR) is 69.5 cm³/mol. The summed E-state index contributed by atoms with van der Waals surface area (Å²) in [5, 5.41) is 10.5. The largest absolute Gasteiger partial charge is 0.377 e. The van der Waals surface area contributed by atoms with Crippen molar-refractivity contribution in [3.63, 3.8) is 0 Å². The predicted octanol–water partition coefficient (Wildman–Crippen LogP) is 1.72. The van der Waals surface area contributed by atoms with Crippen molar-refractivity contribution < 1.29 is 9.53 Å². The van der Waals surface area contributed by atoms with Crippen molar-refractivity contribution in [2.24, 2.45) is 0 Å². The van der Waals surface area contributed by atoms with Gasteiger partial charge in [-0.2, -0.15) is 5.10 Å². The molecule has 0 atom stereocenters. The molecule has 0 spiro atoms. The zero-order valence-electron chi connectivity index (χ0n) is 10.8. The summed E-state index contributed by atoms with van der Waals surface area (Å²) < 4.78 is 5.25. The average Bonchev–Trinajstić information content (AvgIpc) is 2.80.